The molecule has 0 unspecified atom stereocenters. The zero-order valence-corrected chi connectivity index (χ0v) is 14.5. The van der Waals surface area contributed by atoms with Crippen LogP contribution in [0.2, 0.25) is 0 Å². The van der Waals surface area contributed by atoms with E-state index in [1.807, 2.05) is 36.6 Å². The summed E-state index contributed by atoms with van der Waals surface area (Å²) in [4.78, 5) is 24.3. The van der Waals surface area contributed by atoms with Crippen molar-refractivity contribution in [3.05, 3.63) is 54.1 Å². The van der Waals surface area contributed by atoms with E-state index in [4.69, 9.17) is 0 Å². The zero-order chi connectivity index (χ0) is 17.4. The molecular weight excluding hydrogens is 324 g/mol. The van der Waals surface area contributed by atoms with Gasteiger partial charge in [0.05, 0.1) is 7.11 Å². The van der Waals surface area contributed by atoms with Gasteiger partial charge >= 0.3 is 6.09 Å². The minimum Gasteiger partial charge on any atom is -0.453 e. The molecule has 0 aromatic heterocycles. The molecule has 0 bridgehead atoms. The maximum Gasteiger partial charge on any atom is 0.406 e. The average molecular weight is 344 g/mol. The van der Waals surface area contributed by atoms with E-state index in [0.29, 0.717) is 18.7 Å². The van der Waals surface area contributed by atoms with Crippen LogP contribution < -0.4 is 10.6 Å². The van der Waals surface area contributed by atoms with Crippen LogP contribution in [0, 0.1) is 0 Å². The molecule has 2 amide bonds. The maximum absolute atomic E-state index is 12.2. The monoisotopic (exact) mass is 344 g/mol. The standard InChI is InChI=1S/C18H20N2O3S/c1-23-18(22)20-11-10-19-17(21)15-5-3-4-14(12-15)13-6-8-16(24-2)9-7-13/h3-9,12H,10-11H2,1-2H3,(H,19,21)(H,20,22). The normalized spacial score (nSPS) is 10.1. The van der Waals surface area contributed by atoms with Crippen LogP contribution in [0.4, 0.5) is 4.79 Å². The highest BCUT2D eigenvalue weighted by atomic mass is 32.2. The van der Waals surface area contributed by atoms with Crippen LogP contribution in [0.1, 0.15) is 10.4 Å². The zero-order valence-electron chi connectivity index (χ0n) is 13.7. The number of carbonyl (C=O) groups is 2. The fourth-order valence-corrected chi connectivity index (χ4v) is 2.55. The highest BCUT2D eigenvalue weighted by Gasteiger charge is 2.07. The van der Waals surface area contributed by atoms with Crippen LogP contribution in [0.3, 0.4) is 0 Å². The Labute approximate surface area is 145 Å². The summed E-state index contributed by atoms with van der Waals surface area (Å²) in [6, 6.07) is 15.7. The second-order valence-corrected chi connectivity index (χ2v) is 5.86. The smallest absolute Gasteiger partial charge is 0.406 e. The molecule has 5 nitrogen and oxygen atoms in total. The van der Waals surface area contributed by atoms with E-state index in [0.717, 1.165) is 11.1 Å². The first kappa shape index (κ1) is 17.9. The number of hydrogen-bond acceptors (Lipinski definition) is 4. The molecule has 0 saturated heterocycles. The number of ether oxygens (including phenoxy) is 1. The van der Waals surface area contributed by atoms with Crippen molar-refractivity contribution >= 4 is 23.8 Å². The Balaban J connectivity index is 1.98. The molecule has 0 fully saturated rings. The third-order valence-electron chi connectivity index (χ3n) is 3.41. The molecule has 2 aromatic rings. The molecule has 0 spiro atoms. The van der Waals surface area contributed by atoms with Crippen molar-refractivity contribution in [2.24, 2.45) is 0 Å². The summed E-state index contributed by atoms with van der Waals surface area (Å²) in [7, 11) is 1.30. The van der Waals surface area contributed by atoms with Crippen molar-refractivity contribution in [1.82, 2.24) is 10.6 Å². The third kappa shape index (κ3) is 5.03. The molecule has 0 heterocycles. The molecule has 0 atom stereocenters. The first-order chi connectivity index (χ1) is 11.6. The SMILES string of the molecule is COC(=O)NCCNC(=O)c1cccc(-c2ccc(SC)cc2)c1. The Morgan fingerprint density at radius 1 is 1.00 bits per heavy atom. The second kappa shape index (κ2) is 8.98. The first-order valence-electron chi connectivity index (χ1n) is 7.48. The van der Waals surface area contributed by atoms with Crippen LogP contribution in [-0.2, 0) is 4.74 Å². The van der Waals surface area contributed by atoms with Crippen molar-refractivity contribution in [3.63, 3.8) is 0 Å². The van der Waals surface area contributed by atoms with Crippen LogP contribution >= 0.6 is 11.8 Å². The van der Waals surface area contributed by atoms with Crippen LogP contribution in [0.15, 0.2) is 53.4 Å². The summed E-state index contributed by atoms with van der Waals surface area (Å²) in [6.07, 6.45) is 1.52. The van der Waals surface area contributed by atoms with E-state index < -0.39 is 6.09 Å². The van der Waals surface area contributed by atoms with Crippen molar-refractivity contribution in [2.45, 2.75) is 4.90 Å². The van der Waals surface area contributed by atoms with Gasteiger partial charge in [-0.05, 0) is 41.6 Å². The molecule has 24 heavy (non-hydrogen) atoms. The van der Waals surface area contributed by atoms with E-state index in [1.54, 1.807) is 17.8 Å². The van der Waals surface area contributed by atoms with Gasteiger partial charge in [0.25, 0.3) is 5.91 Å². The highest BCUT2D eigenvalue weighted by Crippen LogP contribution is 2.23. The molecule has 0 aliphatic carbocycles. The molecule has 6 heteroatoms. The fraction of sp³-hybridized carbons (Fsp3) is 0.222. The van der Waals surface area contributed by atoms with E-state index in [1.165, 1.54) is 12.0 Å². The summed E-state index contributed by atoms with van der Waals surface area (Å²) in [6.45, 7) is 0.648. The van der Waals surface area contributed by atoms with Gasteiger partial charge in [-0.2, -0.15) is 0 Å². The van der Waals surface area contributed by atoms with Gasteiger partial charge in [-0.15, -0.1) is 11.8 Å². The van der Waals surface area contributed by atoms with Crippen LogP contribution in [-0.4, -0.2) is 38.5 Å². The highest BCUT2D eigenvalue weighted by molar-refractivity contribution is 7.98. The number of hydrogen-bond donors (Lipinski definition) is 2. The van der Waals surface area contributed by atoms with Gasteiger partial charge in [-0.1, -0.05) is 24.3 Å². The molecular formula is C18H20N2O3S. The van der Waals surface area contributed by atoms with Crippen molar-refractivity contribution < 1.29 is 14.3 Å². The Bertz CT molecular complexity index is 702. The maximum atomic E-state index is 12.2. The van der Waals surface area contributed by atoms with Gasteiger partial charge in [0.1, 0.15) is 0 Å². The molecule has 2 aromatic carbocycles. The third-order valence-corrected chi connectivity index (χ3v) is 4.16. The molecule has 0 saturated carbocycles. The number of alkyl carbamates (subject to hydrolysis) is 1. The Hall–Kier alpha value is -2.47. The predicted molar refractivity (Wildman–Crippen MR) is 96.4 cm³/mol. The topological polar surface area (TPSA) is 67.4 Å². The second-order valence-electron chi connectivity index (χ2n) is 4.98. The molecule has 0 aliphatic heterocycles. The van der Waals surface area contributed by atoms with E-state index in [-0.39, 0.29) is 5.91 Å². The summed E-state index contributed by atoms with van der Waals surface area (Å²) >= 11 is 1.69. The number of thioether (sulfide) groups is 1. The van der Waals surface area contributed by atoms with Crippen molar-refractivity contribution in [3.8, 4) is 11.1 Å². The van der Waals surface area contributed by atoms with Crippen LogP contribution in [0.25, 0.3) is 11.1 Å². The minimum absolute atomic E-state index is 0.177. The largest absolute Gasteiger partial charge is 0.453 e. The molecule has 0 radical (unpaired) electrons. The molecule has 126 valence electrons. The van der Waals surface area contributed by atoms with Gasteiger partial charge in [0.15, 0.2) is 0 Å². The lowest BCUT2D eigenvalue weighted by molar-refractivity contribution is 0.0953. The first-order valence-corrected chi connectivity index (χ1v) is 8.71. The quantitative estimate of drug-likeness (QED) is 0.624. The fourth-order valence-electron chi connectivity index (χ4n) is 2.14. The lowest BCUT2D eigenvalue weighted by Gasteiger charge is -2.08. The van der Waals surface area contributed by atoms with E-state index >= 15 is 0 Å². The lowest BCUT2D eigenvalue weighted by Crippen LogP contribution is -2.34. The Kier molecular flexibility index (Phi) is 6.69. The van der Waals surface area contributed by atoms with Gasteiger partial charge in [-0.3, -0.25) is 4.79 Å². The van der Waals surface area contributed by atoms with Gasteiger partial charge in [-0.25, -0.2) is 4.79 Å². The van der Waals surface area contributed by atoms with E-state index in [2.05, 4.69) is 27.5 Å². The van der Waals surface area contributed by atoms with Gasteiger partial charge < -0.3 is 15.4 Å². The number of nitrogens with one attached hydrogen (secondary N) is 2. The Morgan fingerprint density at radius 3 is 2.38 bits per heavy atom. The van der Waals surface area contributed by atoms with Gasteiger partial charge in [0, 0.05) is 23.5 Å². The number of carbonyl (C=O) groups excluding carboxylic acids is 2. The van der Waals surface area contributed by atoms with Gasteiger partial charge in [0.2, 0.25) is 0 Å². The Morgan fingerprint density at radius 2 is 1.71 bits per heavy atom. The lowest BCUT2D eigenvalue weighted by atomic mass is 10.0. The predicted octanol–water partition coefficient (Wildman–Crippen LogP) is 3.16. The number of benzene rings is 2. The summed E-state index contributed by atoms with van der Waals surface area (Å²) < 4.78 is 4.46. The summed E-state index contributed by atoms with van der Waals surface area (Å²) in [5.74, 6) is -0.177. The number of rotatable bonds is 6. The minimum atomic E-state index is -0.514. The van der Waals surface area contributed by atoms with Crippen LogP contribution in [0.5, 0.6) is 0 Å². The number of amides is 2. The van der Waals surface area contributed by atoms with Crippen molar-refractivity contribution in [1.29, 1.82) is 0 Å². The molecule has 0 aliphatic rings. The summed E-state index contributed by atoms with van der Waals surface area (Å²) in [5.41, 5.74) is 2.64. The van der Waals surface area contributed by atoms with E-state index in [9.17, 15) is 9.59 Å². The summed E-state index contributed by atoms with van der Waals surface area (Å²) in [5, 5.41) is 5.27. The molecule has 2 rings (SSSR count). The molecule has 2 N–H and O–H groups in total. The average Bonchev–Trinajstić information content (AvgIpc) is 2.65. The van der Waals surface area contributed by atoms with Crippen molar-refractivity contribution in [2.75, 3.05) is 26.5 Å². The number of methoxy groups -OCH3 is 1.